The van der Waals surface area contributed by atoms with Gasteiger partial charge in [0.25, 0.3) is 0 Å². The number of hydrogen-bond donors (Lipinski definition) is 1. The Kier molecular flexibility index (Phi) is 4.26. The molecule has 3 rings (SSSR count). The van der Waals surface area contributed by atoms with Gasteiger partial charge in [-0.15, -0.1) is 0 Å². The highest BCUT2D eigenvalue weighted by atomic mass is 16.5. The Bertz CT molecular complexity index is 476. The molecule has 2 aliphatic rings. The second-order valence-corrected chi connectivity index (χ2v) is 7.77. The zero-order valence-corrected chi connectivity index (χ0v) is 13.7. The predicted octanol–water partition coefficient (Wildman–Crippen LogP) is 4.50. The number of nitrogens with one attached hydrogen (secondary N) is 1. The Morgan fingerprint density at radius 1 is 1.19 bits per heavy atom. The Morgan fingerprint density at radius 2 is 2.00 bits per heavy atom. The highest BCUT2D eigenvalue weighted by molar-refractivity contribution is 5.32. The first-order valence-electron chi connectivity index (χ1n) is 8.46. The molecule has 0 aliphatic heterocycles. The van der Waals surface area contributed by atoms with Gasteiger partial charge in [-0.2, -0.15) is 0 Å². The van der Waals surface area contributed by atoms with E-state index in [4.69, 9.17) is 4.74 Å². The predicted molar refractivity (Wildman–Crippen MR) is 87.9 cm³/mol. The number of benzene rings is 1. The minimum Gasteiger partial charge on any atom is -0.497 e. The van der Waals surface area contributed by atoms with Gasteiger partial charge in [-0.05, 0) is 61.1 Å². The summed E-state index contributed by atoms with van der Waals surface area (Å²) in [6, 6.07) is 10.0. The molecule has 0 aromatic heterocycles. The molecule has 0 saturated heterocycles. The first-order valence-corrected chi connectivity index (χ1v) is 8.46. The summed E-state index contributed by atoms with van der Waals surface area (Å²) in [5.41, 5.74) is 1.97. The molecule has 2 fully saturated rings. The molecule has 116 valence electrons. The zero-order valence-electron chi connectivity index (χ0n) is 13.7. The fourth-order valence-electron chi connectivity index (χ4n) is 4.10. The lowest BCUT2D eigenvalue weighted by Crippen LogP contribution is -2.48. The van der Waals surface area contributed by atoms with Crippen LogP contribution in [0.15, 0.2) is 24.3 Å². The lowest BCUT2D eigenvalue weighted by atomic mass is 9.72. The van der Waals surface area contributed by atoms with Gasteiger partial charge in [0.15, 0.2) is 0 Å². The van der Waals surface area contributed by atoms with Crippen LogP contribution >= 0.6 is 0 Å². The monoisotopic (exact) mass is 287 g/mol. The molecule has 1 aromatic rings. The van der Waals surface area contributed by atoms with E-state index in [0.29, 0.717) is 11.3 Å². The van der Waals surface area contributed by atoms with E-state index < -0.39 is 0 Å². The van der Waals surface area contributed by atoms with Crippen molar-refractivity contribution in [3.8, 4) is 5.75 Å². The van der Waals surface area contributed by atoms with Crippen molar-refractivity contribution in [2.24, 2.45) is 5.41 Å². The summed E-state index contributed by atoms with van der Waals surface area (Å²) in [6.07, 6.45) is 8.05. The summed E-state index contributed by atoms with van der Waals surface area (Å²) in [5.74, 6) is 1.70. The first-order chi connectivity index (χ1) is 10.1. The van der Waals surface area contributed by atoms with E-state index in [1.54, 1.807) is 7.11 Å². The van der Waals surface area contributed by atoms with Crippen molar-refractivity contribution >= 4 is 0 Å². The van der Waals surface area contributed by atoms with Crippen LogP contribution in [0.4, 0.5) is 0 Å². The van der Waals surface area contributed by atoms with Crippen LogP contribution in [0, 0.1) is 5.41 Å². The summed E-state index contributed by atoms with van der Waals surface area (Å²) >= 11 is 0. The third-order valence-electron chi connectivity index (χ3n) is 5.38. The van der Waals surface area contributed by atoms with Crippen LogP contribution in [0.1, 0.15) is 63.9 Å². The Morgan fingerprint density at radius 3 is 2.71 bits per heavy atom. The van der Waals surface area contributed by atoms with Gasteiger partial charge in [0, 0.05) is 12.1 Å². The van der Waals surface area contributed by atoms with Crippen LogP contribution in [-0.4, -0.2) is 19.2 Å². The SMILES string of the molecule is COc1cccc(C2CC(NC3CCCC(C)(C)C3)C2)c1. The normalized spacial score (nSPS) is 31.5. The molecule has 1 N–H and O–H groups in total. The molecule has 0 amide bonds. The van der Waals surface area contributed by atoms with Gasteiger partial charge in [0.1, 0.15) is 5.75 Å². The number of rotatable bonds is 4. The quantitative estimate of drug-likeness (QED) is 0.880. The van der Waals surface area contributed by atoms with Crippen LogP contribution < -0.4 is 10.1 Å². The lowest BCUT2D eigenvalue weighted by molar-refractivity contribution is 0.164. The molecule has 21 heavy (non-hydrogen) atoms. The third-order valence-corrected chi connectivity index (χ3v) is 5.38. The fourth-order valence-corrected chi connectivity index (χ4v) is 4.10. The molecule has 1 atom stereocenters. The van der Waals surface area contributed by atoms with E-state index in [0.717, 1.165) is 17.8 Å². The van der Waals surface area contributed by atoms with E-state index in [9.17, 15) is 0 Å². The maximum absolute atomic E-state index is 5.33. The second-order valence-electron chi connectivity index (χ2n) is 7.77. The molecule has 2 saturated carbocycles. The Balaban J connectivity index is 1.49. The molecular formula is C19H29NO. The topological polar surface area (TPSA) is 21.3 Å². The summed E-state index contributed by atoms with van der Waals surface area (Å²) in [4.78, 5) is 0. The molecular weight excluding hydrogens is 258 g/mol. The first kappa shape index (κ1) is 14.9. The highest BCUT2D eigenvalue weighted by Crippen LogP contribution is 2.40. The number of hydrogen-bond acceptors (Lipinski definition) is 2. The smallest absolute Gasteiger partial charge is 0.119 e. The minimum atomic E-state index is 0.534. The van der Waals surface area contributed by atoms with Gasteiger partial charge >= 0.3 is 0 Å². The standard InChI is InChI=1S/C19H29NO/c1-19(2)9-5-7-16(13-19)20-17-10-15(11-17)14-6-4-8-18(12-14)21-3/h4,6,8,12,15-17,20H,5,7,9-11,13H2,1-3H3. The zero-order chi connectivity index (χ0) is 14.9. The molecule has 0 heterocycles. The maximum atomic E-state index is 5.33. The van der Waals surface area contributed by atoms with Crippen LogP contribution in [-0.2, 0) is 0 Å². The minimum absolute atomic E-state index is 0.534. The van der Waals surface area contributed by atoms with E-state index in [1.165, 1.54) is 44.1 Å². The number of ether oxygens (including phenoxy) is 1. The molecule has 1 aromatic carbocycles. The van der Waals surface area contributed by atoms with Gasteiger partial charge in [-0.3, -0.25) is 0 Å². The fraction of sp³-hybridized carbons (Fsp3) is 0.684. The van der Waals surface area contributed by atoms with Crippen molar-refractivity contribution in [1.29, 1.82) is 0 Å². The van der Waals surface area contributed by atoms with E-state index >= 15 is 0 Å². The lowest BCUT2D eigenvalue weighted by Gasteiger charge is -2.42. The van der Waals surface area contributed by atoms with Crippen molar-refractivity contribution < 1.29 is 4.74 Å². The average molecular weight is 287 g/mol. The van der Waals surface area contributed by atoms with Gasteiger partial charge in [-0.1, -0.05) is 32.4 Å². The summed E-state index contributed by atoms with van der Waals surface area (Å²) < 4.78 is 5.33. The van der Waals surface area contributed by atoms with Crippen LogP contribution in [0.25, 0.3) is 0 Å². The molecule has 2 heteroatoms. The van der Waals surface area contributed by atoms with Crippen molar-refractivity contribution in [2.75, 3.05) is 7.11 Å². The largest absolute Gasteiger partial charge is 0.497 e. The van der Waals surface area contributed by atoms with E-state index in [1.807, 2.05) is 6.07 Å². The van der Waals surface area contributed by atoms with Gasteiger partial charge in [0.2, 0.25) is 0 Å². The molecule has 2 nitrogen and oxygen atoms in total. The third kappa shape index (κ3) is 3.60. The average Bonchev–Trinajstić information content (AvgIpc) is 2.41. The molecule has 2 aliphatic carbocycles. The molecule has 1 unspecified atom stereocenters. The van der Waals surface area contributed by atoms with Crippen LogP contribution in [0.3, 0.4) is 0 Å². The number of methoxy groups -OCH3 is 1. The Hall–Kier alpha value is -1.02. The van der Waals surface area contributed by atoms with Gasteiger partial charge in [-0.25, -0.2) is 0 Å². The van der Waals surface area contributed by atoms with Gasteiger partial charge < -0.3 is 10.1 Å². The molecule has 0 radical (unpaired) electrons. The second kappa shape index (κ2) is 6.00. The molecule has 0 spiro atoms. The van der Waals surface area contributed by atoms with Crippen molar-refractivity contribution in [1.82, 2.24) is 5.32 Å². The van der Waals surface area contributed by atoms with E-state index in [2.05, 4.69) is 37.4 Å². The maximum Gasteiger partial charge on any atom is 0.119 e. The van der Waals surface area contributed by atoms with Crippen LogP contribution in [0.2, 0.25) is 0 Å². The van der Waals surface area contributed by atoms with Crippen LogP contribution in [0.5, 0.6) is 5.75 Å². The van der Waals surface area contributed by atoms with Crippen molar-refractivity contribution in [3.05, 3.63) is 29.8 Å². The van der Waals surface area contributed by atoms with Crippen molar-refractivity contribution in [3.63, 3.8) is 0 Å². The van der Waals surface area contributed by atoms with E-state index in [-0.39, 0.29) is 0 Å². The van der Waals surface area contributed by atoms with Gasteiger partial charge in [0.05, 0.1) is 7.11 Å². The molecule has 0 bridgehead atoms. The Labute approximate surface area is 129 Å². The van der Waals surface area contributed by atoms with Crippen molar-refractivity contribution in [2.45, 2.75) is 70.4 Å². The summed E-state index contributed by atoms with van der Waals surface area (Å²) in [7, 11) is 1.75. The summed E-state index contributed by atoms with van der Waals surface area (Å²) in [5, 5.41) is 3.91. The summed E-state index contributed by atoms with van der Waals surface area (Å²) in [6.45, 7) is 4.83. The highest BCUT2D eigenvalue weighted by Gasteiger charge is 2.34.